The van der Waals surface area contributed by atoms with Crippen molar-refractivity contribution >= 4 is 152 Å². The number of thioether (sulfide) groups is 1. The van der Waals surface area contributed by atoms with E-state index in [0.717, 1.165) is 31.5 Å². The van der Waals surface area contributed by atoms with Crippen molar-refractivity contribution in [2.75, 3.05) is 65.4 Å². The zero-order valence-electron chi connectivity index (χ0n) is 80.7. The summed E-state index contributed by atoms with van der Waals surface area (Å²) in [7, 11) is 3.66. The third-order valence-corrected chi connectivity index (χ3v) is 26.3. The Morgan fingerprint density at radius 1 is 0.592 bits per heavy atom. The summed E-state index contributed by atoms with van der Waals surface area (Å²) >= 11 is 0.624. The first-order chi connectivity index (χ1) is 67.4. The van der Waals surface area contributed by atoms with Gasteiger partial charge >= 0.3 is 23.9 Å². The summed E-state index contributed by atoms with van der Waals surface area (Å²) in [6.45, 7) is 5.09. The number of hydrogen-bond acceptors (Lipinski definition) is 25. The number of H-pyrrole nitrogens is 1. The first-order valence-corrected chi connectivity index (χ1v) is 48.4. The summed E-state index contributed by atoms with van der Waals surface area (Å²) in [5, 5.41) is 88.2. The minimum absolute atomic E-state index is 0.0763. The highest BCUT2D eigenvalue weighted by atomic mass is 32.2. The fraction of sp³-hybridized carbons (Fsp3) is 0.542. The lowest BCUT2D eigenvalue weighted by molar-refractivity contribution is -0.149. The Hall–Kier alpha value is -14.1. The Labute approximate surface area is 824 Å². The normalized spacial score (nSPS) is 24.3. The number of aromatic hydroxyl groups is 1. The van der Waals surface area contributed by atoms with Crippen LogP contribution in [0, 0.1) is 24.2 Å². The molecule has 0 unspecified atom stereocenters. The molecule has 0 bridgehead atoms. The number of fused-ring (bicyclic) bond motifs is 4. The highest BCUT2D eigenvalue weighted by molar-refractivity contribution is 8.00. The van der Waals surface area contributed by atoms with Gasteiger partial charge in [-0.2, -0.15) is 0 Å². The molecule has 15 amide bonds. The lowest BCUT2D eigenvalue weighted by atomic mass is 9.90. The number of ketones is 1. The lowest BCUT2D eigenvalue weighted by Crippen LogP contribution is -2.61. The van der Waals surface area contributed by atoms with Crippen LogP contribution < -0.4 is 64.6 Å². The van der Waals surface area contributed by atoms with Gasteiger partial charge in [-0.1, -0.05) is 102 Å². The van der Waals surface area contributed by atoms with E-state index in [1.165, 1.54) is 56.0 Å². The fourth-order valence-corrected chi connectivity index (χ4v) is 18.3. The average molecular weight is 2000 g/mol. The van der Waals surface area contributed by atoms with E-state index in [-0.39, 0.29) is 95.4 Å². The molecule has 3 aromatic carbocycles. The highest BCUT2D eigenvalue weighted by Crippen LogP contribution is 2.31. The Bertz CT molecular complexity index is 5450. The van der Waals surface area contributed by atoms with Crippen molar-refractivity contribution in [3.05, 3.63) is 102 Å². The van der Waals surface area contributed by atoms with E-state index in [1.54, 1.807) is 82.4 Å². The van der Waals surface area contributed by atoms with Gasteiger partial charge in [0.15, 0.2) is 5.78 Å². The number of nitrogens with zero attached hydrogens (tertiary/aromatic N) is 6. The number of amides is 15. The molecule has 21 N–H and O–H groups in total. The molecule has 8 rings (SSSR count). The van der Waals surface area contributed by atoms with E-state index in [1.807, 2.05) is 0 Å². The number of benzene rings is 3. The number of terminal acetylenes is 1. The number of aliphatic hydroxyl groups excluding tert-OH is 1. The molecule has 0 aliphatic carbocycles. The molecular weight excluding hydrogens is 1870 g/mol. The zero-order chi connectivity index (χ0) is 105. The number of aliphatic carboxylic acids is 4. The van der Waals surface area contributed by atoms with Crippen LogP contribution in [-0.4, -0.2) is 339 Å². The number of nitrogens with one attached hydrogen (secondary N) is 11. The van der Waals surface area contributed by atoms with Gasteiger partial charge in [-0.05, 0) is 112 Å². The molecule has 0 saturated carbocycles. The van der Waals surface area contributed by atoms with Crippen LogP contribution in [0.25, 0.3) is 21.8 Å². The van der Waals surface area contributed by atoms with E-state index in [9.17, 15) is 93.0 Å². The van der Waals surface area contributed by atoms with Crippen LogP contribution in [0.3, 0.4) is 0 Å². The summed E-state index contributed by atoms with van der Waals surface area (Å²) in [5.74, 6) is -23.2. The largest absolute Gasteiger partial charge is 0.508 e. The van der Waals surface area contributed by atoms with Gasteiger partial charge in [0.2, 0.25) is 88.6 Å². The van der Waals surface area contributed by atoms with Crippen LogP contribution in [0.5, 0.6) is 5.75 Å². The van der Waals surface area contributed by atoms with E-state index in [4.69, 9.17) is 17.9 Å². The molecule has 45 nitrogen and oxygen atoms in total. The first kappa shape index (κ1) is 113. The molecule has 3 fully saturated rings. The Kier molecular flexibility index (Phi) is 43.1. The molecule has 3 aliphatic rings. The molecule has 5 heterocycles. The summed E-state index contributed by atoms with van der Waals surface area (Å²) in [4.78, 5) is 297. The molecule has 46 heteroatoms. The minimum Gasteiger partial charge on any atom is -0.508 e. The van der Waals surface area contributed by atoms with E-state index in [0.29, 0.717) is 63.1 Å². The van der Waals surface area contributed by atoms with Crippen molar-refractivity contribution in [2.45, 2.75) is 254 Å². The number of phenolic OH excluding ortho intramolecular Hbond substituents is 1. The Morgan fingerprint density at radius 2 is 1.18 bits per heavy atom. The Morgan fingerprint density at radius 3 is 1.82 bits per heavy atom. The van der Waals surface area contributed by atoms with Crippen LogP contribution in [-0.2, 0) is 122 Å². The van der Waals surface area contributed by atoms with Crippen molar-refractivity contribution in [1.82, 2.24) is 87.2 Å². The zero-order valence-corrected chi connectivity index (χ0v) is 81.5. The van der Waals surface area contributed by atoms with Crippen molar-refractivity contribution in [3.63, 3.8) is 0 Å². The number of para-hydroxylation sites is 2. The van der Waals surface area contributed by atoms with E-state index < -0.39 is 291 Å². The summed E-state index contributed by atoms with van der Waals surface area (Å²) in [6.07, 6.45) is 2.53. The molecule has 772 valence electrons. The number of unbranched alkanes of at least 4 members (excludes halogenated alkanes) is 2. The quantitative estimate of drug-likeness (QED) is 0.0230. The van der Waals surface area contributed by atoms with Gasteiger partial charge in [0, 0.05) is 125 Å². The van der Waals surface area contributed by atoms with Gasteiger partial charge in [-0.3, -0.25) is 91.1 Å². The highest BCUT2D eigenvalue weighted by Gasteiger charge is 2.47. The number of aliphatic hydroxyl groups is 1. The maximum atomic E-state index is 16.0. The number of carbonyl (C=O) groups excluding carboxylic acids is 16. The van der Waals surface area contributed by atoms with Crippen LogP contribution in [0.15, 0.2) is 85.2 Å². The molecule has 16 atom stereocenters. The van der Waals surface area contributed by atoms with Crippen molar-refractivity contribution in [3.8, 4) is 18.1 Å². The number of carboxylic acid groups (broad SMARTS) is 4. The predicted octanol–water partition coefficient (Wildman–Crippen LogP) is -1.62. The molecule has 3 saturated heterocycles. The first-order valence-electron chi connectivity index (χ1n) is 47.2. The van der Waals surface area contributed by atoms with Crippen molar-refractivity contribution in [1.29, 1.82) is 0 Å². The molecular formula is C96H131N19O26S. The van der Waals surface area contributed by atoms with E-state index in [2.05, 4.69) is 64.1 Å². The third kappa shape index (κ3) is 31.7. The van der Waals surface area contributed by atoms with Crippen molar-refractivity contribution < 1.29 is 127 Å². The standard InChI is InChI=1S/C96H131N19O26S/c1-10-13-24-73-89(133)104-63(32-33-80(121)122)86(130)109-71(85(129)100-46-78(119)101-65(20-12-3)96(140)141)50-142-51-79(120)102-67(38-54-28-30-58(116)31-29-54)91(135)110(7)53(6)83(127)105-69(43-81(123)124)93(137)114-36-19-27-74(114)90(134)108-70(44-98)88(132)106-66(37-52(4)5)94(138)115-48-59(117)42-76(115)77(118)41-55(39-56-45-99-62-23-17-15-21-60(56)62)84(128)103-64(34-35-97)87(131)107-68(92(136)112(9)75(25-14-11-2)95(139)111(73)8)40-57-47-113(49-82(125)126)72-26-18-16-22-61(57)72/h3,15-18,21-23,26,28-31,45,47,52-53,55,59,63-71,73-76,99,116-117H,10-11,13-14,19-20,24-25,27,32-44,46,48-51,97-98H2,1-2,4-9H3,(H,100,129)(H,101,119)(H,102,120)(H,103,128)(H,104,133)(H,105,127)(H,106,132)(H,107,131)(H,108,134)(H,109,130)(H,121,122)(H,123,124)(H,125,126)(H,140,141)/t53-,55+,59+,63-,64-,65-,66-,67-,68-,69-,70-,71-,73-,74-,75-,76-/m0/s1. The lowest BCUT2D eigenvalue weighted by Gasteiger charge is -2.36. The maximum absolute atomic E-state index is 16.0. The molecule has 3 aliphatic heterocycles. The van der Waals surface area contributed by atoms with Crippen LogP contribution in [0.1, 0.15) is 154 Å². The number of Topliss-reactive ketones (excluding diaryl/α,β-unsaturated/α-hetero) is 1. The molecule has 0 spiro atoms. The second-order valence-corrected chi connectivity index (χ2v) is 37.3. The number of aromatic nitrogens is 2. The second-order valence-electron chi connectivity index (χ2n) is 36.2. The molecule has 2 aromatic heterocycles. The number of likely N-dealkylation sites (N-methyl/N-ethyl adjacent to an activating group) is 3. The number of hydrogen-bond donors (Lipinski definition) is 19. The predicted molar refractivity (Wildman–Crippen MR) is 516 cm³/mol. The number of nitrogens with two attached hydrogens (primary N) is 2. The SMILES string of the molecule is C#CC[C@H](NC(=O)CNC(=O)[C@@H]1CSCC(=O)N[C@@H](Cc2ccc(O)cc2)C(=O)N(C)[C@@H](C)C(=O)N[C@@H](CC(=O)O)C(=O)N2CCC[C@H]2C(=O)N[C@@H](CN)C(=O)N[C@@H](CC(C)C)C(=O)N2C[C@H](O)C[C@H]2C(=O)C[C@@H](Cc2c[nH]c3ccccc23)C(=O)N[C@@H](CCN)C(=O)N[C@@H](Cc2cn(CC(=O)O)c3ccccc23)C(=O)N(C)[C@@H](CCCC)C(=O)N(C)[C@@H](CCCC)C(=O)N[C@@H](CCC(=O)O)C(=O)N1)C(=O)O. The number of carbonyl (C=O) groups is 20. The van der Waals surface area contributed by atoms with Gasteiger partial charge < -0.3 is 129 Å². The van der Waals surface area contributed by atoms with Gasteiger partial charge in [0.05, 0.1) is 30.9 Å². The van der Waals surface area contributed by atoms with Gasteiger partial charge in [-0.15, -0.1) is 24.1 Å². The summed E-state index contributed by atoms with van der Waals surface area (Å²) < 4.78 is 1.41. The number of rotatable bonds is 30. The Balaban J connectivity index is 1.23. The summed E-state index contributed by atoms with van der Waals surface area (Å²) in [6, 6.07) is -4.13. The number of aromatic amines is 1. The average Bonchev–Trinajstić information content (AvgIpc) is 1.63. The monoisotopic (exact) mass is 2000 g/mol. The van der Waals surface area contributed by atoms with Crippen LogP contribution >= 0.6 is 11.8 Å². The summed E-state index contributed by atoms with van der Waals surface area (Å²) in [5.41, 5.74) is 14.7. The third-order valence-electron chi connectivity index (χ3n) is 25.2. The maximum Gasteiger partial charge on any atom is 0.327 e. The number of carboxylic acids is 4. The van der Waals surface area contributed by atoms with Crippen molar-refractivity contribution in [2.24, 2.45) is 23.3 Å². The van der Waals surface area contributed by atoms with Gasteiger partial charge in [0.25, 0.3) is 0 Å². The molecule has 5 aromatic rings. The smallest absolute Gasteiger partial charge is 0.327 e. The second kappa shape index (κ2) is 54.1. The van der Waals surface area contributed by atoms with Gasteiger partial charge in [0.1, 0.15) is 90.8 Å². The molecule has 142 heavy (non-hydrogen) atoms. The number of phenols is 1. The minimum atomic E-state index is -1.94. The fourth-order valence-electron chi connectivity index (χ4n) is 17.4. The van der Waals surface area contributed by atoms with Crippen LogP contribution in [0.4, 0.5) is 0 Å². The van der Waals surface area contributed by atoms with E-state index >= 15 is 33.6 Å². The molecule has 0 radical (unpaired) electrons. The topological polar surface area (TPSA) is 672 Å². The van der Waals surface area contributed by atoms with Gasteiger partial charge in [-0.25, -0.2) is 4.79 Å². The van der Waals surface area contributed by atoms with Crippen LogP contribution in [0.2, 0.25) is 0 Å².